The number of nitrogens with zero attached hydrogens (tertiary/aromatic N) is 1. The first-order valence-electron chi connectivity index (χ1n) is 4.87. The third-order valence-electron chi connectivity index (χ3n) is 2.61. The average Bonchev–Trinajstić information content (AvgIpc) is 2.09. The molecular weight excluding hydrogens is 272 g/mol. The Morgan fingerprint density at radius 2 is 1.47 bits per heavy atom. The lowest BCUT2D eigenvalue weighted by atomic mass is 10.3. The molecule has 0 aliphatic carbocycles. The van der Waals surface area contributed by atoms with Gasteiger partial charge in [-0.1, -0.05) is 0 Å². The normalized spacial score (nSPS) is 14.7. The van der Waals surface area contributed by atoms with Crippen LogP contribution >= 0.6 is 15.2 Å². The lowest BCUT2D eigenvalue weighted by Gasteiger charge is -2.31. The van der Waals surface area contributed by atoms with Crippen molar-refractivity contribution in [3.05, 3.63) is 0 Å². The molecule has 0 heterocycles. The van der Waals surface area contributed by atoms with E-state index < -0.39 is 26.7 Å². The van der Waals surface area contributed by atoms with Gasteiger partial charge in [0.05, 0.1) is 0 Å². The molecule has 0 aromatic heterocycles. The minimum atomic E-state index is -5.33. The molecule has 0 aliphatic rings. The number of rotatable bonds is 6. The molecule has 0 bridgehead atoms. The lowest BCUT2D eigenvalue weighted by Crippen LogP contribution is -2.36. The van der Waals surface area contributed by atoms with Crippen molar-refractivity contribution in [1.29, 1.82) is 0 Å². The van der Waals surface area contributed by atoms with Crippen LogP contribution in [-0.4, -0.2) is 54.3 Å². The zero-order valence-electron chi connectivity index (χ0n) is 9.89. The Bertz CT molecular complexity index is 324. The summed E-state index contributed by atoms with van der Waals surface area (Å²) in [7, 11) is -9.04. The van der Waals surface area contributed by atoms with Crippen molar-refractivity contribution in [3.8, 4) is 0 Å². The summed E-state index contributed by atoms with van der Waals surface area (Å²) in [4.78, 5) is 37.1. The van der Waals surface area contributed by atoms with Gasteiger partial charge in [-0.15, -0.1) is 0 Å². The van der Waals surface area contributed by atoms with E-state index in [1.165, 1.54) is 0 Å². The van der Waals surface area contributed by atoms with Gasteiger partial charge < -0.3 is 29.6 Å². The van der Waals surface area contributed by atoms with Crippen LogP contribution in [0.5, 0.6) is 0 Å². The van der Waals surface area contributed by atoms with Crippen molar-refractivity contribution in [2.75, 3.05) is 13.6 Å². The Hall–Kier alpha value is 0.220. The van der Waals surface area contributed by atoms with E-state index in [4.69, 9.17) is 19.6 Å². The van der Waals surface area contributed by atoms with E-state index in [1.54, 1.807) is 25.8 Å². The molecular formula is C7H19NO7P2. The van der Waals surface area contributed by atoms with Crippen molar-refractivity contribution in [2.24, 2.45) is 0 Å². The van der Waals surface area contributed by atoms with Gasteiger partial charge in [-0.3, -0.25) is 9.13 Å². The summed E-state index contributed by atoms with van der Waals surface area (Å²) in [6.07, 6.45) is -0.712. The van der Waals surface area contributed by atoms with Gasteiger partial charge >= 0.3 is 15.2 Å². The molecule has 5 N–H and O–H groups in total. The molecule has 0 rings (SSSR count). The van der Waals surface area contributed by atoms with Crippen LogP contribution in [0.3, 0.4) is 0 Å². The maximum atomic E-state index is 11.0. The predicted octanol–water partition coefficient (Wildman–Crippen LogP) is -0.282. The highest BCUT2D eigenvalue weighted by Gasteiger charge is 2.58. The second-order valence-corrected chi connectivity index (χ2v) is 8.20. The average molecular weight is 291 g/mol. The van der Waals surface area contributed by atoms with Gasteiger partial charge in [0.25, 0.3) is 5.08 Å². The van der Waals surface area contributed by atoms with Gasteiger partial charge in [0.1, 0.15) is 0 Å². The monoisotopic (exact) mass is 291 g/mol. The Balaban J connectivity index is 5.02. The molecule has 10 heteroatoms. The molecule has 104 valence electrons. The molecule has 0 aromatic rings. The summed E-state index contributed by atoms with van der Waals surface area (Å²) in [6, 6.07) is 0.0211. The largest absolute Gasteiger partial charge is 0.369 e. The molecule has 0 saturated carbocycles. The van der Waals surface area contributed by atoms with Crippen molar-refractivity contribution < 1.29 is 33.8 Å². The highest BCUT2D eigenvalue weighted by Crippen LogP contribution is 2.68. The molecule has 0 aliphatic heterocycles. The summed E-state index contributed by atoms with van der Waals surface area (Å²) in [6.45, 7) is 3.55. The van der Waals surface area contributed by atoms with Crippen LogP contribution < -0.4 is 0 Å². The molecule has 0 atom stereocenters. The molecule has 0 amide bonds. The zero-order chi connectivity index (χ0) is 14.1. The first kappa shape index (κ1) is 17.2. The van der Waals surface area contributed by atoms with E-state index in [-0.39, 0.29) is 12.6 Å². The molecule has 17 heavy (non-hydrogen) atoms. The summed E-state index contributed by atoms with van der Waals surface area (Å²) in [5.41, 5.74) is 0. The second-order valence-electron chi connectivity index (χ2n) is 4.19. The minimum Gasteiger partial charge on any atom is -0.367 e. The third-order valence-corrected chi connectivity index (χ3v) is 6.49. The van der Waals surface area contributed by atoms with E-state index in [1.807, 2.05) is 0 Å². The maximum Gasteiger partial charge on any atom is 0.369 e. The van der Waals surface area contributed by atoms with Gasteiger partial charge in [-0.25, -0.2) is 0 Å². The topological polar surface area (TPSA) is 139 Å². The van der Waals surface area contributed by atoms with Crippen molar-refractivity contribution >= 4 is 15.2 Å². The molecule has 0 fully saturated rings. The fraction of sp³-hybridized carbons (Fsp3) is 1.00. The Labute approximate surface area is 99.6 Å². The molecule has 0 spiro atoms. The number of hydrogen-bond acceptors (Lipinski definition) is 4. The summed E-state index contributed by atoms with van der Waals surface area (Å²) in [5, 5.41) is 6.25. The van der Waals surface area contributed by atoms with Crippen LogP contribution in [0.2, 0.25) is 0 Å². The van der Waals surface area contributed by atoms with Gasteiger partial charge in [-0.05, 0) is 20.9 Å². The molecule has 0 unspecified atom stereocenters. The van der Waals surface area contributed by atoms with Gasteiger partial charge in [-0.2, -0.15) is 0 Å². The van der Waals surface area contributed by atoms with E-state index in [0.717, 1.165) is 0 Å². The first-order chi connectivity index (χ1) is 7.33. The highest BCUT2D eigenvalue weighted by molar-refractivity contribution is 7.72. The maximum absolute atomic E-state index is 11.0. The first-order valence-corrected chi connectivity index (χ1v) is 8.09. The quantitative estimate of drug-likeness (QED) is 0.421. The predicted molar refractivity (Wildman–Crippen MR) is 61.4 cm³/mol. The number of aliphatic hydroxyl groups is 1. The molecule has 8 nitrogen and oxygen atoms in total. The SMILES string of the molecule is CC(C)N(C)CCC(O)(P(=O)(O)O)P(=O)(O)O. The fourth-order valence-corrected chi connectivity index (χ4v) is 3.19. The lowest BCUT2D eigenvalue weighted by molar-refractivity contribution is 0.108. The Kier molecular flexibility index (Phi) is 5.54. The fourth-order valence-electron chi connectivity index (χ4n) is 1.05. The van der Waals surface area contributed by atoms with Crippen LogP contribution in [-0.2, 0) is 9.13 Å². The van der Waals surface area contributed by atoms with Crippen LogP contribution in [0.1, 0.15) is 20.3 Å². The zero-order valence-corrected chi connectivity index (χ0v) is 11.7. The van der Waals surface area contributed by atoms with E-state index >= 15 is 0 Å². The Morgan fingerprint density at radius 3 is 1.71 bits per heavy atom. The van der Waals surface area contributed by atoms with Gasteiger partial charge in [0, 0.05) is 19.0 Å². The summed E-state index contributed by atoms with van der Waals surface area (Å²) >= 11 is 0. The van der Waals surface area contributed by atoms with Crippen molar-refractivity contribution in [3.63, 3.8) is 0 Å². The second kappa shape index (κ2) is 5.47. The smallest absolute Gasteiger partial charge is 0.367 e. The highest BCUT2D eigenvalue weighted by atomic mass is 31.2. The van der Waals surface area contributed by atoms with E-state index in [0.29, 0.717) is 0 Å². The van der Waals surface area contributed by atoms with Crippen molar-refractivity contribution in [2.45, 2.75) is 31.4 Å². The van der Waals surface area contributed by atoms with Crippen LogP contribution in [0.4, 0.5) is 0 Å². The van der Waals surface area contributed by atoms with Gasteiger partial charge in [0.15, 0.2) is 0 Å². The standard InChI is InChI=1S/C7H19NO7P2/c1-6(2)8(3)5-4-7(9,16(10,11)12)17(13,14)15/h6,9H,4-5H2,1-3H3,(H2,10,11,12)(H2,13,14,15). The molecule has 0 saturated heterocycles. The summed E-state index contributed by atoms with van der Waals surface area (Å²) < 4.78 is 22.0. The number of hydrogen-bond donors (Lipinski definition) is 5. The van der Waals surface area contributed by atoms with Crippen LogP contribution in [0.15, 0.2) is 0 Å². The minimum absolute atomic E-state index is 0.0211. The third kappa shape index (κ3) is 4.12. The van der Waals surface area contributed by atoms with Gasteiger partial charge in [0.2, 0.25) is 0 Å². The van der Waals surface area contributed by atoms with Crippen LogP contribution in [0, 0.1) is 0 Å². The summed E-state index contributed by atoms with van der Waals surface area (Å²) in [5.74, 6) is 0. The van der Waals surface area contributed by atoms with E-state index in [9.17, 15) is 14.2 Å². The van der Waals surface area contributed by atoms with E-state index in [2.05, 4.69) is 0 Å². The van der Waals surface area contributed by atoms with Crippen LogP contribution in [0.25, 0.3) is 0 Å². The Morgan fingerprint density at radius 1 is 1.12 bits per heavy atom. The van der Waals surface area contributed by atoms with Crippen molar-refractivity contribution in [1.82, 2.24) is 4.90 Å². The molecule has 0 radical (unpaired) electrons. The molecule has 0 aromatic carbocycles.